The molecule has 1 aliphatic heterocycles. The van der Waals surface area contributed by atoms with E-state index in [2.05, 4.69) is 10.6 Å². The van der Waals surface area contributed by atoms with Crippen LogP contribution >= 0.6 is 0 Å². The van der Waals surface area contributed by atoms with Crippen molar-refractivity contribution < 1.29 is 17.9 Å². The smallest absolute Gasteiger partial charge is 0.319 e. The van der Waals surface area contributed by atoms with Crippen LogP contribution < -0.4 is 10.6 Å². The topological polar surface area (TPSA) is 87.7 Å². The fourth-order valence-corrected chi connectivity index (χ4v) is 3.79. The summed E-state index contributed by atoms with van der Waals surface area (Å²) in [4.78, 5) is 11.7. The van der Waals surface area contributed by atoms with Crippen LogP contribution in [0.1, 0.15) is 6.92 Å². The summed E-state index contributed by atoms with van der Waals surface area (Å²) in [6.45, 7) is 3.05. The van der Waals surface area contributed by atoms with Crippen molar-refractivity contribution in [1.82, 2.24) is 9.62 Å². The first kappa shape index (κ1) is 16.7. The van der Waals surface area contributed by atoms with Gasteiger partial charge < -0.3 is 15.4 Å². The second-order valence-electron chi connectivity index (χ2n) is 5.10. The van der Waals surface area contributed by atoms with E-state index >= 15 is 0 Å². The van der Waals surface area contributed by atoms with Crippen LogP contribution in [-0.4, -0.2) is 56.9 Å². The van der Waals surface area contributed by atoms with Crippen molar-refractivity contribution >= 4 is 21.7 Å². The van der Waals surface area contributed by atoms with Gasteiger partial charge in [0, 0.05) is 24.8 Å². The Balaban J connectivity index is 1.78. The van der Waals surface area contributed by atoms with Gasteiger partial charge in [0.2, 0.25) is 10.0 Å². The Kier molecular flexibility index (Phi) is 5.76. The molecule has 1 fully saturated rings. The first-order valence-electron chi connectivity index (χ1n) is 7.16. The van der Waals surface area contributed by atoms with Crippen LogP contribution in [0, 0.1) is 0 Å². The quantitative estimate of drug-likeness (QED) is 0.839. The van der Waals surface area contributed by atoms with Gasteiger partial charge in [-0.05, 0) is 19.1 Å². The summed E-state index contributed by atoms with van der Waals surface area (Å²) in [6, 6.07) is 8.38. The average molecular weight is 327 g/mol. The van der Waals surface area contributed by atoms with Crippen LogP contribution in [0.15, 0.2) is 30.3 Å². The van der Waals surface area contributed by atoms with Crippen molar-refractivity contribution in [2.24, 2.45) is 0 Å². The van der Waals surface area contributed by atoms with Gasteiger partial charge in [0.15, 0.2) is 0 Å². The lowest BCUT2D eigenvalue weighted by atomic mass is 10.3. The predicted octanol–water partition coefficient (Wildman–Crippen LogP) is 0.859. The highest BCUT2D eigenvalue weighted by molar-refractivity contribution is 7.89. The summed E-state index contributed by atoms with van der Waals surface area (Å²) in [5, 5.41) is 5.19. The first-order chi connectivity index (χ1) is 10.5. The lowest BCUT2D eigenvalue weighted by Crippen LogP contribution is -2.49. The largest absolute Gasteiger partial charge is 0.378 e. The van der Waals surface area contributed by atoms with Crippen molar-refractivity contribution in [2.75, 3.05) is 37.4 Å². The first-order valence-corrected chi connectivity index (χ1v) is 8.77. The van der Waals surface area contributed by atoms with Crippen molar-refractivity contribution in [3.05, 3.63) is 30.3 Å². The molecular weight excluding hydrogens is 306 g/mol. The van der Waals surface area contributed by atoms with E-state index in [4.69, 9.17) is 4.74 Å². The number of ether oxygens (including phenoxy) is 1. The molecule has 2 N–H and O–H groups in total. The molecule has 7 nitrogen and oxygen atoms in total. The van der Waals surface area contributed by atoms with E-state index < -0.39 is 16.1 Å². The zero-order valence-electron chi connectivity index (χ0n) is 12.5. The highest BCUT2D eigenvalue weighted by Gasteiger charge is 2.29. The van der Waals surface area contributed by atoms with E-state index in [1.165, 1.54) is 4.31 Å². The molecule has 22 heavy (non-hydrogen) atoms. The van der Waals surface area contributed by atoms with Crippen LogP contribution in [0.5, 0.6) is 0 Å². The second kappa shape index (κ2) is 7.57. The van der Waals surface area contributed by atoms with Gasteiger partial charge in [0.05, 0.1) is 19.0 Å². The number of hydrogen-bond acceptors (Lipinski definition) is 4. The number of urea groups is 1. The lowest BCUT2D eigenvalue weighted by Gasteiger charge is -2.32. The monoisotopic (exact) mass is 327 g/mol. The van der Waals surface area contributed by atoms with Gasteiger partial charge in [-0.15, -0.1) is 0 Å². The molecule has 2 amide bonds. The third kappa shape index (κ3) is 4.69. The third-order valence-corrected chi connectivity index (χ3v) is 5.32. The van der Waals surface area contributed by atoms with Gasteiger partial charge in [0.25, 0.3) is 0 Å². The van der Waals surface area contributed by atoms with E-state index in [0.717, 1.165) is 0 Å². The molecule has 1 aliphatic rings. The van der Waals surface area contributed by atoms with Crippen LogP contribution in [0.3, 0.4) is 0 Å². The maximum absolute atomic E-state index is 12.2. The number of amides is 2. The highest BCUT2D eigenvalue weighted by Crippen LogP contribution is 2.12. The molecule has 2 rings (SSSR count). The molecule has 1 saturated heterocycles. The average Bonchev–Trinajstić information content (AvgIpc) is 2.48. The fourth-order valence-electron chi connectivity index (χ4n) is 2.23. The number of carbonyl (C=O) groups excluding carboxylic acids is 1. The molecule has 0 radical (unpaired) electrons. The number of anilines is 1. The van der Waals surface area contributed by atoms with Gasteiger partial charge in [0.1, 0.15) is 0 Å². The van der Waals surface area contributed by atoms with Crippen molar-refractivity contribution in [2.45, 2.75) is 13.0 Å². The molecule has 0 spiro atoms. The molecule has 0 aromatic heterocycles. The summed E-state index contributed by atoms with van der Waals surface area (Å²) in [7, 11) is -3.39. The SMILES string of the molecule is CC1COCCN1S(=O)(=O)CCNC(=O)Nc1ccccc1. The van der Waals surface area contributed by atoms with Gasteiger partial charge in [-0.25, -0.2) is 13.2 Å². The van der Waals surface area contributed by atoms with Crippen LogP contribution in [0.25, 0.3) is 0 Å². The summed E-state index contributed by atoms with van der Waals surface area (Å²) in [6.07, 6.45) is 0. The van der Waals surface area contributed by atoms with Crippen LogP contribution in [0.4, 0.5) is 10.5 Å². The molecular formula is C14H21N3O4S. The Morgan fingerprint density at radius 2 is 2.09 bits per heavy atom. The molecule has 0 aliphatic carbocycles. The van der Waals surface area contributed by atoms with E-state index in [1.807, 2.05) is 13.0 Å². The Labute approximate surface area is 130 Å². The molecule has 122 valence electrons. The van der Waals surface area contributed by atoms with Crippen molar-refractivity contribution in [1.29, 1.82) is 0 Å². The summed E-state index contributed by atoms with van der Waals surface area (Å²) >= 11 is 0. The Morgan fingerprint density at radius 3 is 2.77 bits per heavy atom. The number of sulfonamides is 1. The molecule has 1 unspecified atom stereocenters. The number of morpholine rings is 1. The minimum absolute atomic E-state index is 0.0606. The zero-order chi connectivity index (χ0) is 16.0. The van der Waals surface area contributed by atoms with Gasteiger partial charge in [-0.3, -0.25) is 0 Å². The maximum Gasteiger partial charge on any atom is 0.319 e. The molecule has 1 aromatic rings. The molecule has 0 saturated carbocycles. The van der Waals surface area contributed by atoms with E-state index in [0.29, 0.717) is 25.4 Å². The highest BCUT2D eigenvalue weighted by atomic mass is 32.2. The number of hydrogen-bond donors (Lipinski definition) is 2. The Hall–Kier alpha value is -1.64. The standard InChI is InChI=1S/C14H21N3O4S/c1-12-11-21-9-8-17(12)22(19,20)10-7-15-14(18)16-13-5-3-2-4-6-13/h2-6,12H,7-11H2,1H3,(H2,15,16,18). The van der Waals surface area contributed by atoms with Crippen LogP contribution in [0.2, 0.25) is 0 Å². The Morgan fingerprint density at radius 1 is 1.36 bits per heavy atom. The number of carbonyl (C=O) groups is 1. The number of rotatable bonds is 5. The minimum atomic E-state index is -3.39. The molecule has 1 atom stereocenters. The van der Waals surface area contributed by atoms with Crippen molar-refractivity contribution in [3.63, 3.8) is 0 Å². The number of nitrogens with zero attached hydrogens (tertiary/aromatic N) is 1. The molecule has 8 heteroatoms. The minimum Gasteiger partial charge on any atom is -0.378 e. The Bertz CT molecular complexity index is 591. The maximum atomic E-state index is 12.2. The third-order valence-electron chi connectivity index (χ3n) is 3.34. The zero-order valence-corrected chi connectivity index (χ0v) is 13.3. The number of benzene rings is 1. The van der Waals surface area contributed by atoms with Crippen LogP contribution in [-0.2, 0) is 14.8 Å². The fraction of sp³-hybridized carbons (Fsp3) is 0.500. The van der Waals surface area contributed by atoms with E-state index in [1.54, 1.807) is 24.3 Å². The molecule has 1 heterocycles. The second-order valence-corrected chi connectivity index (χ2v) is 7.14. The summed E-state index contributed by atoms with van der Waals surface area (Å²) < 4.78 is 31.1. The molecule has 0 bridgehead atoms. The normalized spacial score (nSPS) is 19.6. The van der Waals surface area contributed by atoms with E-state index in [9.17, 15) is 13.2 Å². The number of nitrogens with one attached hydrogen (secondary N) is 2. The molecule has 1 aromatic carbocycles. The predicted molar refractivity (Wildman–Crippen MR) is 84.2 cm³/mol. The van der Waals surface area contributed by atoms with Gasteiger partial charge >= 0.3 is 6.03 Å². The van der Waals surface area contributed by atoms with Crippen molar-refractivity contribution in [3.8, 4) is 0 Å². The summed E-state index contributed by atoms with van der Waals surface area (Å²) in [5.41, 5.74) is 0.657. The summed E-state index contributed by atoms with van der Waals surface area (Å²) in [5.74, 6) is -0.125. The lowest BCUT2D eigenvalue weighted by molar-refractivity contribution is 0.0393. The van der Waals surface area contributed by atoms with Gasteiger partial charge in [-0.2, -0.15) is 4.31 Å². The van der Waals surface area contributed by atoms with E-state index in [-0.39, 0.29) is 18.3 Å². The number of para-hydroxylation sites is 1. The van der Waals surface area contributed by atoms with Gasteiger partial charge in [-0.1, -0.05) is 18.2 Å².